The van der Waals surface area contributed by atoms with Gasteiger partial charge in [0.15, 0.2) is 0 Å². The number of carbonyl (C=O) groups excluding carboxylic acids is 1. The van der Waals surface area contributed by atoms with Crippen molar-refractivity contribution in [3.8, 4) is 0 Å². The van der Waals surface area contributed by atoms with Crippen molar-refractivity contribution in [3.05, 3.63) is 60.4 Å². The SMILES string of the molecule is CC(=O)Nc1cccc(NC(C)c2cc3ccccc3o2)c1. The molecule has 1 amide bonds. The van der Waals surface area contributed by atoms with Crippen molar-refractivity contribution in [1.29, 1.82) is 0 Å². The molecular formula is C18H18N2O2. The van der Waals surface area contributed by atoms with Gasteiger partial charge in [-0.25, -0.2) is 0 Å². The summed E-state index contributed by atoms with van der Waals surface area (Å²) < 4.78 is 5.86. The Labute approximate surface area is 129 Å². The monoisotopic (exact) mass is 294 g/mol. The van der Waals surface area contributed by atoms with Crippen molar-refractivity contribution in [2.75, 3.05) is 10.6 Å². The number of hydrogen-bond acceptors (Lipinski definition) is 3. The highest BCUT2D eigenvalue weighted by molar-refractivity contribution is 5.89. The minimum absolute atomic E-state index is 0.0278. The Balaban J connectivity index is 1.78. The fourth-order valence-electron chi connectivity index (χ4n) is 2.43. The van der Waals surface area contributed by atoms with E-state index in [0.29, 0.717) is 0 Å². The lowest BCUT2D eigenvalue weighted by Crippen LogP contribution is -2.08. The number of rotatable bonds is 4. The van der Waals surface area contributed by atoms with Gasteiger partial charge in [-0.3, -0.25) is 4.79 Å². The number of hydrogen-bond donors (Lipinski definition) is 2. The van der Waals surface area contributed by atoms with Crippen molar-refractivity contribution in [1.82, 2.24) is 0 Å². The normalized spacial score (nSPS) is 12.1. The van der Waals surface area contributed by atoms with Crippen LogP contribution in [0.4, 0.5) is 11.4 Å². The number of amides is 1. The van der Waals surface area contributed by atoms with Crippen LogP contribution in [0.1, 0.15) is 25.6 Å². The summed E-state index contributed by atoms with van der Waals surface area (Å²) in [4.78, 5) is 11.1. The average Bonchev–Trinajstić information content (AvgIpc) is 2.91. The summed E-state index contributed by atoms with van der Waals surface area (Å²) in [5, 5.41) is 7.26. The number of fused-ring (bicyclic) bond motifs is 1. The van der Waals surface area contributed by atoms with E-state index in [1.165, 1.54) is 6.92 Å². The predicted molar refractivity (Wildman–Crippen MR) is 89.0 cm³/mol. The molecule has 0 radical (unpaired) electrons. The van der Waals surface area contributed by atoms with Gasteiger partial charge in [0.25, 0.3) is 0 Å². The van der Waals surface area contributed by atoms with E-state index in [4.69, 9.17) is 4.42 Å². The lowest BCUT2D eigenvalue weighted by molar-refractivity contribution is -0.114. The molecule has 0 aliphatic carbocycles. The smallest absolute Gasteiger partial charge is 0.221 e. The maximum atomic E-state index is 11.1. The average molecular weight is 294 g/mol. The predicted octanol–water partition coefficient (Wildman–Crippen LogP) is 4.56. The van der Waals surface area contributed by atoms with Crippen LogP contribution >= 0.6 is 0 Å². The van der Waals surface area contributed by atoms with Crippen LogP contribution in [0.2, 0.25) is 0 Å². The van der Waals surface area contributed by atoms with Gasteiger partial charge in [0, 0.05) is 23.7 Å². The molecule has 0 aliphatic heterocycles. The molecule has 3 rings (SSSR count). The number of furan rings is 1. The first kappa shape index (κ1) is 14.2. The molecule has 1 atom stereocenters. The van der Waals surface area contributed by atoms with Gasteiger partial charge in [-0.05, 0) is 37.3 Å². The van der Waals surface area contributed by atoms with E-state index in [1.54, 1.807) is 0 Å². The summed E-state index contributed by atoms with van der Waals surface area (Å²) in [6, 6.07) is 17.7. The Hall–Kier alpha value is -2.75. The largest absolute Gasteiger partial charge is 0.459 e. The third kappa shape index (κ3) is 3.11. The highest BCUT2D eigenvalue weighted by Crippen LogP contribution is 2.27. The summed E-state index contributed by atoms with van der Waals surface area (Å²) in [5.74, 6) is 0.800. The number of benzene rings is 2. The van der Waals surface area contributed by atoms with Gasteiger partial charge < -0.3 is 15.1 Å². The summed E-state index contributed by atoms with van der Waals surface area (Å²) in [7, 11) is 0. The van der Waals surface area contributed by atoms with Crippen LogP contribution in [-0.4, -0.2) is 5.91 Å². The number of anilines is 2. The maximum absolute atomic E-state index is 11.1. The van der Waals surface area contributed by atoms with Crippen molar-refractivity contribution in [2.45, 2.75) is 19.9 Å². The van der Waals surface area contributed by atoms with Gasteiger partial charge in [-0.15, -0.1) is 0 Å². The molecule has 0 bridgehead atoms. The van der Waals surface area contributed by atoms with Crippen LogP contribution in [0, 0.1) is 0 Å². The zero-order valence-electron chi connectivity index (χ0n) is 12.6. The minimum atomic E-state index is -0.0810. The molecule has 2 aromatic carbocycles. The van der Waals surface area contributed by atoms with E-state index >= 15 is 0 Å². The Kier molecular flexibility index (Phi) is 3.83. The minimum Gasteiger partial charge on any atom is -0.459 e. The van der Waals surface area contributed by atoms with E-state index < -0.39 is 0 Å². The van der Waals surface area contributed by atoms with Crippen molar-refractivity contribution < 1.29 is 9.21 Å². The first-order chi connectivity index (χ1) is 10.6. The van der Waals surface area contributed by atoms with E-state index in [-0.39, 0.29) is 11.9 Å². The fraction of sp³-hybridized carbons (Fsp3) is 0.167. The molecule has 0 aliphatic rings. The molecule has 4 heteroatoms. The zero-order valence-corrected chi connectivity index (χ0v) is 12.6. The van der Waals surface area contributed by atoms with Crippen LogP contribution in [-0.2, 0) is 4.79 Å². The maximum Gasteiger partial charge on any atom is 0.221 e. The molecule has 0 spiro atoms. The van der Waals surface area contributed by atoms with E-state index in [9.17, 15) is 4.79 Å². The Morgan fingerprint density at radius 2 is 1.82 bits per heavy atom. The Morgan fingerprint density at radius 3 is 2.59 bits per heavy atom. The van der Waals surface area contributed by atoms with Gasteiger partial charge >= 0.3 is 0 Å². The van der Waals surface area contributed by atoms with Crippen LogP contribution in [0.15, 0.2) is 59.0 Å². The first-order valence-electron chi connectivity index (χ1n) is 7.24. The second-order valence-corrected chi connectivity index (χ2v) is 5.31. The van der Waals surface area contributed by atoms with E-state index in [0.717, 1.165) is 28.1 Å². The molecule has 0 saturated carbocycles. The molecule has 1 aromatic heterocycles. The van der Waals surface area contributed by atoms with E-state index in [1.807, 2.05) is 61.5 Å². The molecule has 1 heterocycles. The number of carbonyl (C=O) groups is 1. The molecule has 0 saturated heterocycles. The van der Waals surface area contributed by atoms with Gasteiger partial charge in [0.2, 0.25) is 5.91 Å². The molecule has 2 N–H and O–H groups in total. The standard InChI is InChI=1S/C18H18N2O2/c1-12(18-10-14-6-3-4-9-17(14)22-18)19-15-7-5-8-16(11-15)20-13(2)21/h3-12,19H,1-2H3,(H,20,21). The fourth-order valence-corrected chi connectivity index (χ4v) is 2.43. The summed E-state index contributed by atoms with van der Waals surface area (Å²) in [5.41, 5.74) is 2.59. The summed E-state index contributed by atoms with van der Waals surface area (Å²) in [6.45, 7) is 3.54. The van der Waals surface area contributed by atoms with Gasteiger partial charge in [0.05, 0.1) is 6.04 Å². The quantitative estimate of drug-likeness (QED) is 0.741. The highest BCUT2D eigenvalue weighted by atomic mass is 16.3. The van der Waals surface area contributed by atoms with Crippen LogP contribution in [0.25, 0.3) is 11.0 Å². The van der Waals surface area contributed by atoms with Gasteiger partial charge in [-0.1, -0.05) is 24.3 Å². The van der Waals surface area contributed by atoms with Crippen LogP contribution in [0.3, 0.4) is 0 Å². The molecule has 3 aromatic rings. The van der Waals surface area contributed by atoms with Crippen molar-refractivity contribution >= 4 is 28.3 Å². The third-order valence-electron chi connectivity index (χ3n) is 3.44. The number of para-hydroxylation sites is 1. The second-order valence-electron chi connectivity index (χ2n) is 5.31. The Bertz CT molecular complexity index is 774. The molecule has 22 heavy (non-hydrogen) atoms. The topological polar surface area (TPSA) is 54.3 Å². The first-order valence-corrected chi connectivity index (χ1v) is 7.24. The third-order valence-corrected chi connectivity index (χ3v) is 3.44. The lowest BCUT2D eigenvalue weighted by atomic mass is 10.2. The molecule has 1 unspecified atom stereocenters. The van der Waals surface area contributed by atoms with Gasteiger partial charge in [0.1, 0.15) is 11.3 Å². The van der Waals surface area contributed by atoms with Crippen molar-refractivity contribution in [3.63, 3.8) is 0 Å². The second kappa shape index (κ2) is 5.93. The molecule has 112 valence electrons. The van der Waals surface area contributed by atoms with Crippen LogP contribution < -0.4 is 10.6 Å². The molecule has 0 fully saturated rings. The highest BCUT2D eigenvalue weighted by Gasteiger charge is 2.11. The van der Waals surface area contributed by atoms with Crippen LogP contribution in [0.5, 0.6) is 0 Å². The van der Waals surface area contributed by atoms with Crippen molar-refractivity contribution in [2.24, 2.45) is 0 Å². The molecule has 4 nitrogen and oxygen atoms in total. The number of nitrogens with one attached hydrogen (secondary N) is 2. The zero-order chi connectivity index (χ0) is 15.5. The van der Waals surface area contributed by atoms with E-state index in [2.05, 4.69) is 10.6 Å². The Morgan fingerprint density at radius 1 is 1.05 bits per heavy atom. The summed E-state index contributed by atoms with van der Waals surface area (Å²) in [6.07, 6.45) is 0. The molecular weight excluding hydrogens is 276 g/mol. The summed E-state index contributed by atoms with van der Waals surface area (Å²) >= 11 is 0. The lowest BCUT2D eigenvalue weighted by Gasteiger charge is -2.14. The van der Waals surface area contributed by atoms with Gasteiger partial charge in [-0.2, -0.15) is 0 Å².